The summed E-state index contributed by atoms with van der Waals surface area (Å²) >= 11 is 3.43. The summed E-state index contributed by atoms with van der Waals surface area (Å²) in [4.78, 5) is 47.8. The Bertz CT molecular complexity index is 1020. The van der Waals surface area contributed by atoms with Gasteiger partial charge in [-0.15, -0.1) is 0 Å². The van der Waals surface area contributed by atoms with Crippen molar-refractivity contribution in [3.05, 3.63) is 57.6 Å². The fourth-order valence-corrected chi connectivity index (χ4v) is 3.16. The quantitative estimate of drug-likeness (QED) is 0.447. The fourth-order valence-electron chi connectivity index (χ4n) is 2.73. The molecule has 2 aromatic carbocycles. The van der Waals surface area contributed by atoms with Crippen molar-refractivity contribution in [2.75, 3.05) is 23.8 Å². The van der Waals surface area contributed by atoms with E-state index in [9.17, 15) is 19.2 Å². The van der Waals surface area contributed by atoms with Gasteiger partial charge in [0.1, 0.15) is 0 Å². The number of benzene rings is 2. The van der Waals surface area contributed by atoms with Crippen molar-refractivity contribution in [3.8, 4) is 0 Å². The number of anilines is 2. The van der Waals surface area contributed by atoms with Crippen molar-refractivity contribution in [1.82, 2.24) is 0 Å². The summed E-state index contributed by atoms with van der Waals surface area (Å²) in [6.07, 6.45) is 0.459. The molecule has 2 N–H and O–H groups in total. The molecule has 0 saturated carbocycles. The molecule has 0 aliphatic carbocycles. The van der Waals surface area contributed by atoms with Crippen LogP contribution >= 0.6 is 15.9 Å². The largest absolute Gasteiger partial charge is 0.462 e. The van der Waals surface area contributed by atoms with Crippen LogP contribution in [0.15, 0.2) is 40.9 Å². The van der Waals surface area contributed by atoms with Crippen molar-refractivity contribution in [3.63, 3.8) is 0 Å². The highest BCUT2D eigenvalue weighted by Crippen LogP contribution is 2.25. The van der Waals surface area contributed by atoms with Crippen LogP contribution in [-0.4, -0.2) is 37.0 Å². The second kappa shape index (κ2) is 12.7. The first-order valence-electron chi connectivity index (χ1n) is 10.5. The first-order valence-corrected chi connectivity index (χ1v) is 11.3. The standard InChI is InChI=1S/C24H27BrN2O6/c1-4-13-32-24(31)17-5-7-18(8-6-17)26-21(28)11-12-23(30)33-14-22(29)27-20-10-9-19(25)15(2)16(20)3/h5-10H,4,11-14H2,1-3H3,(H,26,28)(H,27,29). The molecular weight excluding hydrogens is 492 g/mol. The lowest BCUT2D eigenvalue weighted by atomic mass is 10.1. The van der Waals surface area contributed by atoms with Gasteiger partial charge in [0, 0.05) is 22.3 Å². The summed E-state index contributed by atoms with van der Waals surface area (Å²) < 4.78 is 10.9. The lowest BCUT2D eigenvalue weighted by Gasteiger charge is -2.12. The van der Waals surface area contributed by atoms with Crippen molar-refractivity contribution in [2.24, 2.45) is 0 Å². The number of carbonyl (C=O) groups is 4. The zero-order valence-corrected chi connectivity index (χ0v) is 20.4. The molecule has 0 fully saturated rings. The Morgan fingerprint density at radius 1 is 0.848 bits per heavy atom. The molecule has 2 rings (SSSR count). The molecule has 0 aliphatic rings. The molecule has 8 nitrogen and oxygen atoms in total. The van der Waals surface area contributed by atoms with Crippen LogP contribution in [0.5, 0.6) is 0 Å². The first kappa shape index (κ1) is 26.1. The number of rotatable bonds is 10. The van der Waals surface area contributed by atoms with Gasteiger partial charge in [0.2, 0.25) is 5.91 Å². The lowest BCUT2D eigenvalue weighted by Crippen LogP contribution is -2.22. The number of hydrogen-bond acceptors (Lipinski definition) is 6. The summed E-state index contributed by atoms with van der Waals surface area (Å²) in [7, 11) is 0. The maximum Gasteiger partial charge on any atom is 0.338 e. The molecule has 33 heavy (non-hydrogen) atoms. The zero-order chi connectivity index (χ0) is 24.4. The number of ether oxygens (including phenoxy) is 2. The van der Waals surface area contributed by atoms with Gasteiger partial charge < -0.3 is 20.1 Å². The van der Waals surface area contributed by atoms with E-state index in [2.05, 4.69) is 26.6 Å². The first-order chi connectivity index (χ1) is 15.7. The van der Waals surface area contributed by atoms with E-state index in [1.165, 1.54) is 0 Å². The molecule has 0 unspecified atom stereocenters. The van der Waals surface area contributed by atoms with E-state index >= 15 is 0 Å². The molecule has 9 heteroatoms. The van der Waals surface area contributed by atoms with Crippen molar-refractivity contribution < 1.29 is 28.7 Å². The Balaban J connectivity index is 1.72. The summed E-state index contributed by atoms with van der Waals surface area (Å²) in [6.45, 7) is 5.62. The molecule has 0 bridgehead atoms. The maximum atomic E-state index is 12.1. The van der Waals surface area contributed by atoms with Crippen LogP contribution < -0.4 is 10.6 Å². The van der Waals surface area contributed by atoms with Crippen LogP contribution in [0.2, 0.25) is 0 Å². The number of nitrogens with one attached hydrogen (secondary N) is 2. The normalized spacial score (nSPS) is 10.3. The van der Waals surface area contributed by atoms with Gasteiger partial charge in [-0.05, 0) is 67.8 Å². The highest BCUT2D eigenvalue weighted by molar-refractivity contribution is 9.10. The second-order valence-electron chi connectivity index (χ2n) is 7.32. The van der Waals surface area contributed by atoms with Gasteiger partial charge in [0.25, 0.3) is 5.91 Å². The molecule has 2 aromatic rings. The van der Waals surface area contributed by atoms with Crippen LogP contribution in [0.1, 0.15) is 47.7 Å². The SMILES string of the molecule is CCCOC(=O)c1ccc(NC(=O)CCC(=O)OCC(=O)Nc2ccc(Br)c(C)c2C)cc1. The lowest BCUT2D eigenvalue weighted by molar-refractivity contribution is -0.147. The smallest absolute Gasteiger partial charge is 0.338 e. The van der Waals surface area contributed by atoms with Crippen molar-refractivity contribution >= 4 is 51.1 Å². The Labute approximate surface area is 201 Å². The van der Waals surface area contributed by atoms with Crippen LogP contribution in [0.25, 0.3) is 0 Å². The third-order valence-electron chi connectivity index (χ3n) is 4.76. The number of esters is 2. The Kier molecular flexibility index (Phi) is 10.1. The molecular formula is C24H27BrN2O6. The Morgan fingerprint density at radius 3 is 2.21 bits per heavy atom. The highest BCUT2D eigenvalue weighted by Gasteiger charge is 2.13. The van der Waals surface area contributed by atoms with Crippen molar-refractivity contribution in [2.45, 2.75) is 40.0 Å². The van der Waals surface area contributed by atoms with Gasteiger partial charge in [-0.3, -0.25) is 14.4 Å². The second-order valence-corrected chi connectivity index (χ2v) is 8.17. The minimum Gasteiger partial charge on any atom is -0.462 e. The van der Waals surface area contributed by atoms with Gasteiger partial charge in [0.15, 0.2) is 6.61 Å². The van der Waals surface area contributed by atoms with Gasteiger partial charge in [-0.25, -0.2) is 4.79 Å². The molecule has 0 radical (unpaired) electrons. The monoisotopic (exact) mass is 518 g/mol. The minimum absolute atomic E-state index is 0.105. The van der Waals surface area contributed by atoms with E-state index in [0.717, 1.165) is 22.0 Å². The van der Waals surface area contributed by atoms with E-state index in [1.54, 1.807) is 30.3 Å². The van der Waals surface area contributed by atoms with Crippen molar-refractivity contribution in [1.29, 1.82) is 0 Å². The number of halogens is 1. The van der Waals surface area contributed by atoms with E-state index in [-0.39, 0.29) is 12.8 Å². The van der Waals surface area contributed by atoms with E-state index in [0.29, 0.717) is 23.5 Å². The number of carbonyl (C=O) groups excluding carboxylic acids is 4. The average Bonchev–Trinajstić information content (AvgIpc) is 2.80. The van der Waals surface area contributed by atoms with E-state index in [1.807, 2.05) is 26.8 Å². The topological polar surface area (TPSA) is 111 Å². The molecule has 0 aliphatic heterocycles. The van der Waals surface area contributed by atoms with Gasteiger partial charge in [-0.2, -0.15) is 0 Å². The Hall–Kier alpha value is -3.20. The minimum atomic E-state index is -0.655. The molecule has 0 saturated heterocycles. The van der Waals surface area contributed by atoms with E-state index in [4.69, 9.17) is 9.47 Å². The van der Waals surface area contributed by atoms with E-state index < -0.39 is 30.4 Å². The van der Waals surface area contributed by atoms with Crippen LogP contribution in [0.4, 0.5) is 11.4 Å². The molecule has 176 valence electrons. The van der Waals surface area contributed by atoms with Gasteiger partial charge >= 0.3 is 11.9 Å². The highest BCUT2D eigenvalue weighted by atomic mass is 79.9. The van der Waals surface area contributed by atoms with Crippen LogP contribution in [0, 0.1) is 13.8 Å². The molecule has 2 amide bonds. The molecule has 0 atom stereocenters. The summed E-state index contributed by atoms with van der Waals surface area (Å²) in [5.41, 5.74) is 3.42. The summed E-state index contributed by atoms with van der Waals surface area (Å²) in [6, 6.07) is 9.85. The maximum absolute atomic E-state index is 12.1. The molecule has 0 heterocycles. The molecule has 0 spiro atoms. The fraction of sp³-hybridized carbons (Fsp3) is 0.333. The number of hydrogen-bond donors (Lipinski definition) is 2. The average molecular weight is 519 g/mol. The number of amides is 2. The Morgan fingerprint density at radius 2 is 1.55 bits per heavy atom. The molecule has 0 aromatic heterocycles. The summed E-state index contributed by atoms with van der Waals surface area (Å²) in [5.74, 6) is -1.93. The van der Waals surface area contributed by atoms with Crippen LogP contribution in [0.3, 0.4) is 0 Å². The van der Waals surface area contributed by atoms with Gasteiger partial charge in [0.05, 0.1) is 18.6 Å². The predicted octanol–water partition coefficient (Wildman–Crippen LogP) is 4.53. The van der Waals surface area contributed by atoms with Crippen LogP contribution in [-0.2, 0) is 23.9 Å². The third-order valence-corrected chi connectivity index (χ3v) is 5.62. The van der Waals surface area contributed by atoms with Gasteiger partial charge in [-0.1, -0.05) is 22.9 Å². The summed E-state index contributed by atoms with van der Waals surface area (Å²) in [5, 5.41) is 5.34. The third kappa shape index (κ3) is 8.34. The zero-order valence-electron chi connectivity index (χ0n) is 18.8. The predicted molar refractivity (Wildman–Crippen MR) is 128 cm³/mol.